The second kappa shape index (κ2) is 21.9. The van der Waals surface area contributed by atoms with Crippen molar-refractivity contribution >= 4 is 0 Å². The van der Waals surface area contributed by atoms with E-state index < -0.39 is 0 Å². The fourth-order valence-electron chi connectivity index (χ4n) is 6.08. The normalized spacial score (nSPS) is 17.1. The predicted octanol–water partition coefficient (Wildman–Crippen LogP) is 9.19. The summed E-state index contributed by atoms with van der Waals surface area (Å²) in [5.41, 5.74) is 2.51. The Morgan fingerprint density at radius 2 is 1.12 bits per heavy atom. The van der Waals surface area contributed by atoms with Gasteiger partial charge in [-0.25, -0.2) is 0 Å². The summed E-state index contributed by atoms with van der Waals surface area (Å²) in [5.74, 6) is 0.104. The maximum Gasteiger partial charge on any atom is 0.168 e. The first-order valence-corrected chi connectivity index (χ1v) is 17.3. The zero-order chi connectivity index (χ0) is 30.4. The lowest BCUT2D eigenvalue weighted by molar-refractivity contribution is -0.184. The smallest absolute Gasteiger partial charge is 0.168 e. The third kappa shape index (κ3) is 15.7. The molecule has 0 bridgehead atoms. The van der Waals surface area contributed by atoms with E-state index in [1.54, 1.807) is 0 Å². The Hall–Kier alpha value is -1.76. The lowest BCUT2D eigenvalue weighted by atomic mass is 9.98. The average molecular weight is 596 g/mol. The highest BCUT2D eigenvalue weighted by Crippen LogP contribution is 2.37. The van der Waals surface area contributed by atoms with Gasteiger partial charge in [0, 0.05) is 32.6 Å². The molecule has 242 valence electrons. The van der Waals surface area contributed by atoms with Crippen molar-refractivity contribution in [2.24, 2.45) is 5.92 Å². The van der Waals surface area contributed by atoms with Gasteiger partial charge in [0.1, 0.15) is 0 Å². The van der Waals surface area contributed by atoms with Crippen molar-refractivity contribution in [3.63, 3.8) is 0 Å². The first kappa shape index (κ1) is 35.7. The predicted molar refractivity (Wildman–Crippen MR) is 178 cm³/mol. The molecule has 0 amide bonds. The number of ether oxygens (including phenoxy) is 4. The first-order chi connectivity index (χ1) is 21.1. The van der Waals surface area contributed by atoms with Gasteiger partial charge < -0.3 is 23.8 Å². The number of hydrogen-bond donors (Lipinski definition) is 0. The molecule has 1 saturated heterocycles. The summed E-state index contributed by atoms with van der Waals surface area (Å²) in [4.78, 5) is 2.26. The van der Waals surface area contributed by atoms with Crippen molar-refractivity contribution in [3.05, 3.63) is 71.8 Å². The van der Waals surface area contributed by atoms with Gasteiger partial charge in [-0.3, -0.25) is 0 Å². The van der Waals surface area contributed by atoms with Gasteiger partial charge in [0.2, 0.25) is 0 Å². The van der Waals surface area contributed by atoms with Crippen LogP contribution in [-0.2, 0) is 32.2 Å². The Morgan fingerprint density at radius 3 is 1.58 bits per heavy atom. The van der Waals surface area contributed by atoms with Gasteiger partial charge >= 0.3 is 0 Å². The molecule has 2 atom stereocenters. The molecular formula is C38H61NO4. The molecule has 2 aromatic rings. The molecule has 0 saturated carbocycles. The summed E-state index contributed by atoms with van der Waals surface area (Å²) in [6.45, 7) is 7.23. The highest BCUT2D eigenvalue weighted by atomic mass is 16.7. The number of benzene rings is 2. The van der Waals surface area contributed by atoms with E-state index in [0.29, 0.717) is 5.92 Å². The Labute approximate surface area is 263 Å². The molecule has 1 heterocycles. The van der Waals surface area contributed by atoms with Crippen LogP contribution in [0.2, 0.25) is 0 Å². The molecule has 5 heteroatoms. The van der Waals surface area contributed by atoms with Gasteiger partial charge in [-0.05, 0) is 56.8 Å². The van der Waals surface area contributed by atoms with Crippen LogP contribution < -0.4 is 0 Å². The van der Waals surface area contributed by atoms with Gasteiger partial charge in [0.05, 0.1) is 25.9 Å². The zero-order valence-electron chi connectivity index (χ0n) is 27.7. The Kier molecular flexibility index (Phi) is 18.2. The summed E-state index contributed by atoms with van der Waals surface area (Å²) in [5, 5.41) is 0. The summed E-state index contributed by atoms with van der Waals surface area (Å²) in [7, 11) is 4.29. The quantitative estimate of drug-likeness (QED) is 0.107. The lowest BCUT2D eigenvalue weighted by Gasteiger charge is -2.30. The van der Waals surface area contributed by atoms with Crippen molar-refractivity contribution in [1.82, 2.24) is 4.90 Å². The Morgan fingerprint density at radius 1 is 0.674 bits per heavy atom. The second-order valence-electron chi connectivity index (χ2n) is 12.9. The second-order valence-corrected chi connectivity index (χ2v) is 12.9. The molecule has 0 aliphatic carbocycles. The van der Waals surface area contributed by atoms with E-state index in [2.05, 4.69) is 86.6 Å². The summed E-state index contributed by atoms with van der Waals surface area (Å²) in [6, 6.07) is 20.9. The van der Waals surface area contributed by atoms with Crippen molar-refractivity contribution in [3.8, 4) is 0 Å². The van der Waals surface area contributed by atoms with Crippen LogP contribution in [0, 0.1) is 5.92 Å². The van der Waals surface area contributed by atoms with Gasteiger partial charge in [-0.1, -0.05) is 119 Å². The summed E-state index contributed by atoms with van der Waals surface area (Å²) in [6.07, 6.45) is 17.0. The van der Waals surface area contributed by atoms with Crippen molar-refractivity contribution in [1.29, 1.82) is 0 Å². The van der Waals surface area contributed by atoms with Crippen LogP contribution in [0.4, 0.5) is 0 Å². The topological polar surface area (TPSA) is 40.2 Å². The van der Waals surface area contributed by atoms with Gasteiger partial charge in [-0.15, -0.1) is 0 Å². The highest BCUT2D eigenvalue weighted by molar-refractivity contribution is 5.14. The maximum absolute atomic E-state index is 6.75. The third-order valence-corrected chi connectivity index (χ3v) is 8.58. The molecule has 43 heavy (non-hydrogen) atoms. The minimum atomic E-state index is -0.373. The van der Waals surface area contributed by atoms with Crippen LogP contribution in [0.5, 0.6) is 0 Å². The molecule has 0 radical (unpaired) electrons. The molecule has 1 aliphatic heterocycles. The molecule has 1 aliphatic rings. The third-order valence-electron chi connectivity index (χ3n) is 8.58. The zero-order valence-corrected chi connectivity index (χ0v) is 27.7. The van der Waals surface area contributed by atoms with Crippen LogP contribution in [0.1, 0.15) is 108 Å². The van der Waals surface area contributed by atoms with E-state index in [9.17, 15) is 0 Å². The van der Waals surface area contributed by atoms with Crippen LogP contribution in [-0.4, -0.2) is 57.3 Å². The highest BCUT2D eigenvalue weighted by Gasteiger charge is 2.42. The lowest BCUT2D eigenvalue weighted by Crippen LogP contribution is -2.34. The molecule has 5 nitrogen and oxygen atoms in total. The number of unbranched alkanes of at least 4 members (excludes halogenated alkanes) is 10. The Balaban J connectivity index is 1.25. The summed E-state index contributed by atoms with van der Waals surface area (Å²) >= 11 is 0. The van der Waals surface area contributed by atoms with E-state index in [-0.39, 0.29) is 11.9 Å². The van der Waals surface area contributed by atoms with E-state index in [1.807, 2.05) is 0 Å². The molecule has 3 rings (SSSR count). The number of hydrogen-bond acceptors (Lipinski definition) is 5. The minimum Gasteiger partial charge on any atom is -0.377 e. The number of rotatable bonds is 25. The molecule has 2 unspecified atom stereocenters. The van der Waals surface area contributed by atoms with Gasteiger partial charge in [-0.2, -0.15) is 0 Å². The van der Waals surface area contributed by atoms with Crippen molar-refractivity contribution < 1.29 is 18.9 Å². The van der Waals surface area contributed by atoms with Crippen LogP contribution in [0.3, 0.4) is 0 Å². The van der Waals surface area contributed by atoms with E-state index in [4.69, 9.17) is 18.9 Å². The monoisotopic (exact) mass is 595 g/mol. The maximum atomic E-state index is 6.75. The Bertz CT molecular complexity index is 863. The standard InChI is InChI=1S/C38H61NO4/c1-34(30-39(2)3)37-33-42-38(43-37,26-18-8-4-6-10-20-28-40-31-35-22-14-12-15-23-35)27-19-9-5-7-11-21-29-41-32-36-24-16-13-17-25-36/h12-17,22-25,34,37H,4-11,18-21,26-33H2,1-3H3. The van der Waals surface area contributed by atoms with Gasteiger partial charge in [0.25, 0.3) is 0 Å². The first-order valence-electron chi connectivity index (χ1n) is 17.3. The van der Waals surface area contributed by atoms with Crippen LogP contribution in [0.25, 0.3) is 0 Å². The van der Waals surface area contributed by atoms with Crippen LogP contribution >= 0.6 is 0 Å². The van der Waals surface area contributed by atoms with E-state index in [1.165, 1.54) is 75.3 Å². The van der Waals surface area contributed by atoms with E-state index in [0.717, 1.165) is 65.3 Å². The molecule has 0 aromatic heterocycles. The molecule has 0 N–H and O–H groups in total. The molecule has 1 fully saturated rings. The van der Waals surface area contributed by atoms with Crippen LogP contribution in [0.15, 0.2) is 60.7 Å². The largest absolute Gasteiger partial charge is 0.377 e. The summed E-state index contributed by atoms with van der Waals surface area (Å²) < 4.78 is 24.9. The van der Waals surface area contributed by atoms with E-state index >= 15 is 0 Å². The molecular weight excluding hydrogens is 534 g/mol. The molecule has 2 aromatic carbocycles. The van der Waals surface area contributed by atoms with Crippen molar-refractivity contribution in [2.75, 3.05) is 40.5 Å². The minimum absolute atomic E-state index is 0.203. The SMILES string of the molecule is CC(CN(C)C)C1COC(CCCCCCCCOCc2ccccc2)(CCCCCCCCOCc2ccccc2)O1. The number of nitrogens with zero attached hydrogens (tertiary/aromatic N) is 1. The fraction of sp³-hybridized carbons (Fsp3) is 0.684. The van der Waals surface area contributed by atoms with Gasteiger partial charge in [0.15, 0.2) is 5.79 Å². The fourth-order valence-corrected chi connectivity index (χ4v) is 6.08. The molecule has 0 spiro atoms. The van der Waals surface area contributed by atoms with Crippen molar-refractivity contribution in [2.45, 2.75) is 122 Å². The average Bonchev–Trinajstić information content (AvgIpc) is 3.44.